The molecule has 2 heterocycles. The van der Waals surface area contributed by atoms with Crippen LogP contribution >= 0.6 is 0 Å². The molecule has 2 aromatic rings. The molecule has 9 heteroatoms. The van der Waals surface area contributed by atoms with Gasteiger partial charge in [0.1, 0.15) is 11.9 Å². The molecule has 2 aromatic heterocycles. The first-order valence-electron chi connectivity index (χ1n) is 4.02. The minimum absolute atomic E-state index is 0. The van der Waals surface area contributed by atoms with Gasteiger partial charge in [-0.15, -0.1) is 0 Å². The third-order valence-corrected chi connectivity index (χ3v) is 1.38. The Balaban J connectivity index is 0.000000284. The summed E-state index contributed by atoms with van der Waals surface area (Å²) in [5, 5.41) is 19.7. The third-order valence-electron chi connectivity index (χ3n) is 1.38. The van der Waals surface area contributed by atoms with E-state index in [0.29, 0.717) is 0 Å². The standard InChI is InChI=1S/2C4H4N2O2.Ca/c2*7-4(8)3-5-1-2-6-3;/h2*1-2H,(H,5,6)(H,7,8);/q;;+2/p-2. The van der Waals surface area contributed by atoms with Crippen LogP contribution in [0.4, 0.5) is 0 Å². The van der Waals surface area contributed by atoms with Crippen LogP contribution in [-0.2, 0) is 0 Å². The van der Waals surface area contributed by atoms with Crippen LogP contribution in [0.2, 0.25) is 0 Å². The van der Waals surface area contributed by atoms with Crippen LogP contribution in [0.1, 0.15) is 21.2 Å². The second-order valence-corrected chi connectivity index (χ2v) is 2.45. The van der Waals surface area contributed by atoms with Crippen molar-refractivity contribution in [3.8, 4) is 0 Å². The maximum Gasteiger partial charge on any atom is 2.00 e. The molecule has 0 atom stereocenters. The Morgan fingerprint density at radius 3 is 1.41 bits per heavy atom. The van der Waals surface area contributed by atoms with Gasteiger partial charge in [-0.2, -0.15) is 0 Å². The van der Waals surface area contributed by atoms with Gasteiger partial charge >= 0.3 is 37.7 Å². The summed E-state index contributed by atoms with van der Waals surface area (Å²) in [5.74, 6) is -2.83. The zero-order chi connectivity index (χ0) is 12.0. The predicted molar refractivity (Wildman–Crippen MR) is 51.6 cm³/mol. The number of aromatic nitrogens is 4. The Hall–Kier alpha value is -1.38. The fourth-order valence-corrected chi connectivity index (χ4v) is 0.754. The Morgan fingerprint density at radius 1 is 0.941 bits per heavy atom. The summed E-state index contributed by atoms with van der Waals surface area (Å²) < 4.78 is 0. The topological polar surface area (TPSA) is 138 Å². The summed E-state index contributed by atoms with van der Waals surface area (Å²) in [4.78, 5) is 31.2. The van der Waals surface area contributed by atoms with Gasteiger partial charge in [0.2, 0.25) is 0 Å². The first-order valence-corrected chi connectivity index (χ1v) is 4.02. The van der Waals surface area contributed by atoms with Crippen molar-refractivity contribution in [3.63, 3.8) is 0 Å². The van der Waals surface area contributed by atoms with Gasteiger partial charge in [-0.05, 0) is 0 Å². The van der Waals surface area contributed by atoms with E-state index < -0.39 is 11.9 Å². The molecule has 2 rings (SSSR count). The molecule has 0 saturated carbocycles. The van der Waals surface area contributed by atoms with Crippen molar-refractivity contribution in [2.24, 2.45) is 0 Å². The van der Waals surface area contributed by atoms with Crippen LogP contribution in [-0.4, -0.2) is 69.6 Å². The Bertz CT molecular complexity index is 410. The zero-order valence-electron chi connectivity index (χ0n) is 8.54. The molecule has 0 aliphatic carbocycles. The number of carboxylic acid groups (broad SMARTS) is 2. The number of H-pyrrole nitrogens is 2. The zero-order valence-corrected chi connectivity index (χ0v) is 10.8. The molecule has 0 radical (unpaired) electrons. The van der Waals surface area contributed by atoms with E-state index in [0.717, 1.165) is 0 Å². The minimum Gasteiger partial charge on any atom is -0.542 e. The molecule has 0 bridgehead atoms. The number of aromatic carboxylic acids is 2. The number of imidazole rings is 2. The van der Waals surface area contributed by atoms with Gasteiger partial charge in [0.15, 0.2) is 11.6 Å². The van der Waals surface area contributed by atoms with Gasteiger partial charge < -0.3 is 29.8 Å². The molecule has 0 unspecified atom stereocenters. The molecule has 0 aliphatic rings. The summed E-state index contributed by atoms with van der Waals surface area (Å²) in [6.07, 6.45) is 5.55. The molecule has 8 nitrogen and oxygen atoms in total. The molecule has 0 aliphatic heterocycles. The molecule has 0 amide bonds. The van der Waals surface area contributed by atoms with Gasteiger partial charge in [0.25, 0.3) is 0 Å². The molecule has 84 valence electrons. The second kappa shape index (κ2) is 7.82. The fraction of sp³-hybridized carbons (Fsp3) is 0. The summed E-state index contributed by atoms with van der Waals surface area (Å²) in [7, 11) is 0. The Kier molecular flexibility index (Phi) is 7.19. The minimum atomic E-state index is -1.28. The number of hydrogen-bond donors (Lipinski definition) is 2. The SMILES string of the molecule is O=C([O-])c1ncc[nH]1.O=C([O-])c1ncc[nH]1.[Ca+2]. The second-order valence-electron chi connectivity index (χ2n) is 2.45. The number of hydrogen-bond acceptors (Lipinski definition) is 6. The summed E-state index contributed by atoms with van der Waals surface area (Å²) in [6, 6.07) is 0. The number of nitrogens with zero attached hydrogens (tertiary/aromatic N) is 2. The number of carboxylic acids is 2. The van der Waals surface area contributed by atoms with E-state index in [4.69, 9.17) is 0 Å². The van der Waals surface area contributed by atoms with Crippen molar-refractivity contribution >= 4 is 49.7 Å². The van der Waals surface area contributed by atoms with Crippen molar-refractivity contribution in [1.82, 2.24) is 19.9 Å². The van der Waals surface area contributed by atoms with Crippen LogP contribution in [0.25, 0.3) is 0 Å². The molecule has 17 heavy (non-hydrogen) atoms. The number of rotatable bonds is 2. The van der Waals surface area contributed by atoms with Gasteiger partial charge in [0, 0.05) is 24.8 Å². The van der Waals surface area contributed by atoms with Crippen LogP contribution < -0.4 is 10.2 Å². The molecular weight excluding hydrogens is 256 g/mol. The first kappa shape index (κ1) is 15.6. The predicted octanol–water partition coefficient (Wildman–Crippen LogP) is -2.83. The van der Waals surface area contributed by atoms with E-state index >= 15 is 0 Å². The number of carbonyl (C=O) groups is 2. The van der Waals surface area contributed by atoms with Crippen LogP contribution in [0.5, 0.6) is 0 Å². The van der Waals surface area contributed by atoms with Crippen molar-refractivity contribution in [1.29, 1.82) is 0 Å². The Labute approximate surface area is 125 Å². The average molecular weight is 262 g/mol. The molecule has 0 saturated heterocycles. The maximum atomic E-state index is 9.86. The third kappa shape index (κ3) is 5.48. The van der Waals surface area contributed by atoms with E-state index in [2.05, 4.69) is 19.9 Å². The van der Waals surface area contributed by atoms with Crippen molar-refractivity contribution in [2.45, 2.75) is 0 Å². The molecule has 0 aromatic carbocycles. The molecular formula is C8H6CaN4O4. The fourth-order valence-electron chi connectivity index (χ4n) is 0.754. The van der Waals surface area contributed by atoms with Crippen LogP contribution in [0.15, 0.2) is 24.8 Å². The van der Waals surface area contributed by atoms with E-state index in [1.165, 1.54) is 24.8 Å². The smallest absolute Gasteiger partial charge is 0.542 e. The largest absolute Gasteiger partial charge is 2.00 e. The summed E-state index contributed by atoms with van der Waals surface area (Å²) >= 11 is 0. The summed E-state index contributed by atoms with van der Waals surface area (Å²) in [5.41, 5.74) is 0. The van der Waals surface area contributed by atoms with E-state index in [9.17, 15) is 19.8 Å². The molecule has 0 fully saturated rings. The van der Waals surface area contributed by atoms with Gasteiger partial charge in [-0.1, -0.05) is 0 Å². The van der Waals surface area contributed by atoms with E-state index in [-0.39, 0.29) is 49.4 Å². The van der Waals surface area contributed by atoms with Crippen molar-refractivity contribution < 1.29 is 19.8 Å². The average Bonchev–Trinajstić information content (AvgIpc) is 2.93. The van der Waals surface area contributed by atoms with E-state index in [1.54, 1.807) is 0 Å². The van der Waals surface area contributed by atoms with Crippen molar-refractivity contribution in [2.75, 3.05) is 0 Å². The van der Waals surface area contributed by atoms with Crippen molar-refractivity contribution in [3.05, 3.63) is 36.4 Å². The maximum absolute atomic E-state index is 9.86. The first-order chi connectivity index (χ1) is 7.61. The van der Waals surface area contributed by atoms with Gasteiger partial charge in [0.05, 0.1) is 0 Å². The van der Waals surface area contributed by atoms with E-state index in [1.807, 2.05) is 0 Å². The number of aromatic amines is 2. The summed E-state index contributed by atoms with van der Waals surface area (Å²) in [6.45, 7) is 0. The monoisotopic (exact) mass is 262 g/mol. The number of carbonyl (C=O) groups excluding carboxylic acids is 2. The van der Waals surface area contributed by atoms with Gasteiger partial charge in [-0.3, -0.25) is 0 Å². The molecule has 2 N–H and O–H groups in total. The molecule has 0 spiro atoms. The van der Waals surface area contributed by atoms with Gasteiger partial charge in [-0.25, -0.2) is 9.97 Å². The van der Waals surface area contributed by atoms with Crippen LogP contribution in [0.3, 0.4) is 0 Å². The number of nitrogens with one attached hydrogen (secondary N) is 2. The normalized spacial score (nSPS) is 8.47. The Morgan fingerprint density at radius 2 is 1.29 bits per heavy atom. The quantitative estimate of drug-likeness (QED) is 0.559. The van der Waals surface area contributed by atoms with Crippen LogP contribution in [0, 0.1) is 0 Å².